The van der Waals surface area contributed by atoms with E-state index in [0.717, 1.165) is 0 Å². The molecule has 0 atom stereocenters. The van der Waals surface area contributed by atoms with Gasteiger partial charge in [-0.15, -0.1) is 5.10 Å². The van der Waals surface area contributed by atoms with Gasteiger partial charge in [0.05, 0.1) is 12.3 Å². The van der Waals surface area contributed by atoms with Crippen LogP contribution in [0, 0.1) is 0 Å². The Hall–Kier alpha value is -1.67. The zero-order valence-corrected chi connectivity index (χ0v) is 12.4. The fraction of sp³-hybridized carbons (Fsp3) is 0.364. The summed E-state index contributed by atoms with van der Waals surface area (Å²) in [6.07, 6.45) is 0. The van der Waals surface area contributed by atoms with Crippen molar-refractivity contribution in [3.05, 3.63) is 23.2 Å². The van der Waals surface area contributed by atoms with Crippen LogP contribution in [0.25, 0.3) is 11.4 Å². The molecule has 0 radical (unpaired) electrons. The van der Waals surface area contributed by atoms with E-state index in [9.17, 15) is 8.42 Å². The number of sulfone groups is 1. The van der Waals surface area contributed by atoms with Crippen LogP contribution in [0.4, 0.5) is 5.69 Å². The Morgan fingerprint density at radius 1 is 1.40 bits per heavy atom. The standard InChI is InChI=1S/C11H14ClN5O2S/c1-2-20(18,19)6-5-17-11(14-15-16-17)9-7-8(12)3-4-10(9)13/h3-4,7H,2,5-6,13H2,1H3. The number of hydrogen-bond donors (Lipinski definition) is 1. The molecular formula is C11H14ClN5O2S. The molecule has 1 heterocycles. The molecule has 108 valence electrons. The number of rotatable bonds is 5. The van der Waals surface area contributed by atoms with Crippen LogP contribution in [-0.4, -0.2) is 40.1 Å². The van der Waals surface area contributed by atoms with Gasteiger partial charge in [0.25, 0.3) is 0 Å². The SMILES string of the molecule is CCS(=O)(=O)CCn1nnnc1-c1cc(Cl)ccc1N. The Morgan fingerprint density at radius 3 is 2.85 bits per heavy atom. The zero-order chi connectivity index (χ0) is 14.8. The molecule has 1 aromatic carbocycles. The quantitative estimate of drug-likeness (QED) is 0.826. The van der Waals surface area contributed by atoms with Gasteiger partial charge in [-0.2, -0.15) is 0 Å². The topological polar surface area (TPSA) is 104 Å². The maximum absolute atomic E-state index is 11.5. The van der Waals surface area contributed by atoms with E-state index in [0.29, 0.717) is 22.1 Å². The monoisotopic (exact) mass is 315 g/mol. The third-order valence-corrected chi connectivity index (χ3v) is 4.76. The number of anilines is 1. The fourth-order valence-electron chi connectivity index (χ4n) is 1.64. The minimum atomic E-state index is -3.09. The van der Waals surface area contributed by atoms with Crippen LogP contribution in [0.3, 0.4) is 0 Å². The summed E-state index contributed by atoms with van der Waals surface area (Å²) in [6.45, 7) is 1.77. The number of hydrogen-bond acceptors (Lipinski definition) is 6. The zero-order valence-electron chi connectivity index (χ0n) is 10.8. The third kappa shape index (κ3) is 3.26. The number of aromatic nitrogens is 4. The van der Waals surface area contributed by atoms with Gasteiger partial charge < -0.3 is 5.73 Å². The molecule has 9 heteroatoms. The first-order chi connectivity index (χ1) is 9.43. The molecule has 0 unspecified atom stereocenters. The van der Waals surface area contributed by atoms with Crippen LogP contribution in [0.1, 0.15) is 6.92 Å². The van der Waals surface area contributed by atoms with Gasteiger partial charge >= 0.3 is 0 Å². The first-order valence-corrected chi connectivity index (χ1v) is 8.15. The van der Waals surface area contributed by atoms with Crippen LogP contribution in [-0.2, 0) is 16.4 Å². The number of nitrogens with zero attached hydrogens (tertiary/aromatic N) is 4. The summed E-state index contributed by atoms with van der Waals surface area (Å²) >= 11 is 5.93. The molecule has 2 N–H and O–H groups in total. The summed E-state index contributed by atoms with van der Waals surface area (Å²) in [5.74, 6) is 0.461. The van der Waals surface area contributed by atoms with E-state index in [1.54, 1.807) is 25.1 Å². The molecule has 0 bridgehead atoms. The highest BCUT2D eigenvalue weighted by Crippen LogP contribution is 2.26. The van der Waals surface area contributed by atoms with Crippen molar-refractivity contribution in [1.82, 2.24) is 20.2 Å². The number of nitrogen functional groups attached to an aromatic ring is 1. The highest BCUT2D eigenvalue weighted by Gasteiger charge is 2.15. The van der Waals surface area contributed by atoms with Gasteiger partial charge in [0.15, 0.2) is 15.7 Å². The normalized spacial score (nSPS) is 11.7. The summed E-state index contributed by atoms with van der Waals surface area (Å²) in [6, 6.07) is 4.96. The van der Waals surface area contributed by atoms with E-state index < -0.39 is 9.84 Å². The molecule has 1 aromatic heterocycles. The molecule has 20 heavy (non-hydrogen) atoms. The van der Waals surface area contributed by atoms with Crippen molar-refractivity contribution in [2.45, 2.75) is 13.5 Å². The van der Waals surface area contributed by atoms with E-state index in [2.05, 4.69) is 15.5 Å². The molecule has 0 aliphatic rings. The summed E-state index contributed by atoms with van der Waals surface area (Å²) in [7, 11) is -3.09. The second-order valence-electron chi connectivity index (χ2n) is 4.19. The Balaban J connectivity index is 2.31. The first-order valence-electron chi connectivity index (χ1n) is 5.95. The van der Waals surface area contributed by atoms with Gasteiger partial charge in [0, 0.05) is 22.0 Å². The summed E-state index contributed by atoms with van der Waals surface area (Å²) < 4.78 is 24.5. The molecule has 0 fully saturated rings. The molecule has 0 saturated carbocycles. The lowest BCUT2D eigenvalue weighted by molar-refractivity contribution is 0.577. The average Bonchev–Trinajstić information content (AvgIpc) is 2.87. The van der Waals surface area contributed by atoms with Crippen LogP contribution in [0.2, 0.25) is 5.02 Å². The third-order valence-electron chi connectivity index (χ3n) is 2.84. The van der Waals surface area contributed by atoms with Gasteiger partial charge in [0.1, 0.15) is 0 Å². The van der Waals surface area contributed by atoms with Crippen LogP contribution in [0.15, 0.2) is 18.2 Å². The minimum absolute atomic E-state index is 0.0258. The van der Waals surface area contributed by atoms with E-state index >= 15 is 0 Å². The van der Waals surface area contributed by atoms with Crippen LogP contribution >= 0.6 is 11.6 Å². The van der Waals surface area contributed by atoms with Crippen molar-refractivity contribution >= 4 is 27.1 Å². The second-order valence-corrected chi connectivity index (χ2v) is 7.10. The van der Waals surface area contributed by atoms with Gasteiger partial charge in [-0.05, 0) is 28.6 Å². The van der Waals surface area contributed by atoms with E-state index in [4.69, 9.17) is 17.3 Å². The predicted molar refractivity (Wildman–Crippen MR) is 77.0 cm³/mol. The fourth-order valence-corrected chi connectivity index (χ4v) is 2.55. The Morgan fingerprint density at radius 2 is 2.15 bits per heavy atom. The number of benzene rings is 1. The van der Waals surface area contributed by atoms with Crippen molar-refractivity contribution < 1.29 is 8.42 Å². The molecule has 7 nitrogen and oxygen atoms in total. The predicted octanol–water partition coefficient (Wildman–Crippen LogP) is 1.01. The smallest absolute Gasteiger partial charge is 0.184 e. The summed E-state index contributed by atoms with van der Waals surface area (Å²) in [5.41, 5.74) is 6.93. The highest BCUT2D eigenvalue weighted by molar-refractivity contribution is 7.91. The van der Waals surface area contributed by atoms with Crippen molar-refractivity contribution in [1.29, 1.82) is 0 Å². The molecule has 2 rings (SSSR count). The lowest BCUT2D eigenvalue weighted by atomic mass is 10.1. The van der Waals surface area contributed by atoms with Crippen molar-refractivity contribution in [3.63, 3.8) is 0 Å². The maximum Gasteiger partial charge on any atom is 0.184 e. The Labute approximate surface area is 121 Å². The molecule has 0 saturated heterocycles. The number of halogens is 1. The number of tetrazole rings is 1. The molecular weight excluding hydrogens is 302 g/mol. The van der Waals surface area contributed by atoms with Crippen molar-refractivity contribution in [2.75, 3.05) is 17.2 Å². The average molecular weight is 316 g/mol. The summed E-state index contributed by atoms with van der Waals surface area (Å²) in [5, 5.41) is 11.7. The molecule has 0 aliphatic carbocycles. The van der Waals surface area contributed by atoms with Gasteiger partial charge in [-0.25, -0.2) is 13.1 Å². The number of aryl methyl sites for hydroxylation is 1. The molecule has 0 spiro atoms. The van der Waals surface area contributed by atoms with E-state index in [-0.39, 0.29) is 18.1 Å². The van der Waals surface area contributed by atoms with E-state index in [1.807, 2.05) is 0 Å². The summed E-state index contributed by atoms with van der Waals surface area (Å²) in [4.78, 5) is 0. The van der Waals surface area contributed by atoms with Gasteiger partial charge in [-0.1, -0.05) is 18.5 Å². The Kier molecular flexibility index (Phi) is 4.24. The molecule has 0 aliphatic heterocycles. The van der Waals surface area contributed by atoms with Crippen molar-refractivity contribution in [3.8, 4) is 11.4 Å². The van der Waals surface area contributed by atoms with Crippen molar-refractivity contribution in [2.24, 2.45) is 0 Å². The maximum atomic E-state index is 11.5. The van der Waals surface area contributed by atoms with E-state index in [1.165, 1.54) is 4.68 Å². The molecule has 0 amide bonds. The molecule has 2 aromatic rings. The Bertz CT molecular complexity index is 713. The highest BCUT2D eigenvalue weighted by atomic mass is 35.5. The minimum Gasteiger partial charge on any atom is -0.398 e. The second kappa shape index (κ2) is 5.76. The van der Waals surface area contributed by atoms with Gasteiger partial charge in [-0.3, -0.25) is 0 Å². The lowest BCUT2D eigenvalue weighted by Gasteiger charge is -2.07. The van der Waals surface area contributed by atoms with Crippen LogP contribution < -0.4 is 5.73 Å². The first kappa shape index (κ1) is 14.7. The number of nitrogens with two attached hydrogens (primary N) is 1. The van der Waals surface area contributed by atoms with Crippen LogP contribution in [0.5, 0.6) is 0 Å². The van der Waals surface area contributed by atoms with Gasteiger partial charge in [0.2, 0.25) is 0 Å². The lowest BCUT2D eigenvalue weighted by Crippen LogP contribution is -2.16. The largest absolute Gasteiger partial charge is 0.398 e.